The summed E-state index contributed by atoms with van der Waals surface area (Å²) < 4.78 is 22.9. The van der Waals surface area contributed by atoms with Crippen molar-refractivity contribution in [2.45, 2.75) is 17.9 Å². The number of hydrogen-bond donors (Lipinski definition) is 1. The minimum Gasteiger partial charge on any atom is -0.384 e. The van der Waals surface area contributed by atoms with Crippen LogP contribution in [0.1, 0.15) is 11.1 Å². The summed E-state index contributed by atoms with van der Waals surface area (Å²) in [5.74, 6) is 0. The van der Waals surface area contributed by atoms with E-state index in [1.165, 1.54) is 17.4 Å². The molecule has 6 heteroatoms. The van der Waals surface area contributed by atoms with E-state index in [1.807, 2.05) is 24.3 Å². The van der Waals surface area contributed by atoms with Crippen molar-refractivity contribution >= 4 is 27.1 Å². The Kier molecular flexibility index (Phi) is 5.13. The summed E-state index contributed by atoms with van der Waals surface area (Å²) in [6.45, 7) is 3.67. The van der Waals surface area contributed by atoms with Gasteiger partial charge in [0, 0.05) is 43.1 Å². The predicted octanol–water partition coefficient (Wildman–Crippen LogP) is 3.21. The Bertz CT molecular complexity index is 819. The molecular formula is C18H21ClN2O2S. The molecule has 4 nitrogen and oxygen atoms in total. The second kappa shape index (κ2) is 7.13. The monoisotopic (exact) mass is 364 g/mol. The lowest BCUT2D eigenvalue weighted by molar-refractivity contribution is 0.264. The fraction of sp³-hybridized carbons (Fsp3) is 0.333. The average Bonchev–Trinajstić information content (AvgIpc) is 2.55. The smallest absolute Gasteiger partial charge is 0.175 e. The molecule has 0 spiro atoms. The molecule has 24 heavy (non-hydrogen) atoms. The Balaban J connectivity index is 1.52. The molecule has 2 aromatic rings. The molecule has 0 saturated heterocycles. The molecule has 0 saturated carbocycles. The molecule has 1 aliphatic rings. The van der Waals surface area contributed by atoms with Gasteiger partial charge in [0.15, 0.2) is 9.84 Å². The zero-order valence-corrected chi connectivity index (χ0v) is 15.2. The van der Waals surface area contributed by atoms with E-state index in [-0.39, 0.29) is 0 Å². The Hall–Kier alpha value is -1.56. The summed E-state index contributed by atoms with van der Waals surface area (Å²) in [7, 11) is -3.14. The maximum Gasteiger partial charge on any atom is 0.175 e. The van der Waals surface area contributed by atoms with Crippen molar-refractivity contribution in [1.29, 1.82) is 0 Å². The van der Waals surface area contributed by atoms with Gasteiger partial charge in [-0.2, -0.15) is 0 Å². The van der Waals surface area contributed by atoms with Crippen molar-refractivity contribution in [1.82, 2.24) is 4.90 Å². The number of rotatable bonds is 5. The van der Waals surface area contributed by atoms with E-state index in [9.17, 15) is 8.42 Å². The molecule has 0 unspecified atom stereocenters. The first-order valence-electron chi connectivity index (χ1n) is 7.96. The van der Waals surface area contributed by atoms with Gasteiger partial charge in [-0.3, -0.25) is 4.90 Å². The van der Waals surface area contributed by atoms with Crippen molar-refractivity contribution in [3.63, 3.8) is 0 Å². The maximum absolute atomic E-state index is 11.5. The van der Waals surface area contributed by atoms with Gasteiger partial charge >= 0.3 is 0 Å². The number of sulfone groups is 1. The first kappa shape index (κ1) is 17.3. The SMILES string of the molecule is CS(=O)(=O)c1ccc(NCCN2CCc3c(Cl)cccc3C2)cc1. The first-order chi connectivity index (χ1) is 11.4. The third kappa shape index (κ3) is 4.09. The molecule has 2 aromatic carbocycles. The van der Waals surface area contributed by atoms with Gasteiger partial charge in [-0.05, 0) is 47.9 Å². The van der Waals surface area contributed by atoms with Crippen molar-refractivity contribution in [3.8, 4) is 0 Å². The van der Waals surface area contributed by atoms with Crippen LogP contribution in [0.2, 0.25) is 5.02 Å². The second-order valence-electron chi connectivity index (χ2n) is 6.13. The molecule has 0 fully saturated rings. The summed E-state index contributed by atoms with van der Waals surface area (Å²) in [6.07, 6.45) is 2.20. The van der Waals surface area contributed by atoms with Gasteiger partial charge in [0.1, 0.15) is 0 Å². The van der Waals surface area contributed by atoms with Crippen molar-refractivity contribution in [2.24, 2.45) is 0 Å². The summed E-state index contributed by atoms with van der Waals surface area (Å²) in [4.78, 5) is 2.74. The number of halogens is 1. The highest BCUT2D eigenvalue weighted by Gasteiger charge is 2.17. The molecular weight excluding hydrogens is 344 g/mol. The molecule has 0 bridgehead atoms. The Morgan fingerprint density at radius 3 is 2.62 bits per heavy atom. The van der Waals surface area contributed by atoms with Crippen LogP contribution in [0.25, 0.3) is 0 Å². The number of nitrogens with one attached hydrogen (secondary N) is 1. The lowest BCUT2D eigenvalue weighted by Gasteiger charge is -2.29. The zero-order valence-electron chi connectivity index (χ0n) is 13.6. The van der Waals surface area contributed by atoms with Gasteiger partial charge in [-0.25, -0.2) is 8.42 Å². The van der Waals surface area contributed by atoms with Crippen molar-refractivity contribution in [3.05, 3.63) is 58.6 Å². The van der Waals surface area contributed by atoms with Crippen LogP contribution in [0.4, 0.5) is 5.69 Å². The number of fused-ring (bicyclic) bond motifs is 1. The van der Waals surface area contributed by atoms with E-state index in [4.69, 9.17) is 11.6 Å². The van der Waals surface area contributed by atoms with Crippen molar-refractivity contribution in [2.75, 3.05) is 31.2 Å². The van der Waals surface area contributed by atoms with Crippen molar-refractivity contribution < 1.29 is 8.42 Å². The number of hydrogen-bond acceptors (Lipinski definition) is 4. The highest BCUT2D eigenvalue weighted by molar-refractivity contribution is 7.90. The van der Waals surface area contributed by atoms with Gasteiger partial charge in [0.05, 0.1) is 4.90 Å². The fourth-order valence-corrected chi connectivity index (χ4v) is 3.91. The molecule has 0 amide bonds. The molecule has 0 radical (unpaired) electrons. The van der Waals surface area contributed by atoms with Crippen LogP contribution in [0.3, 0.4) is 0 Å². The number of benzene rings is 2. The molecule has 3 rings (SSSR count). The minimum absolute atomic E-state index is 0.345. The van der Waals surface area contributed by atoms with Crippen LogP contribution in [0.15, 0.2) is 47.4 Å². The zero-order chi connectivity index (χ0) is 17.2. The largest absolute Gasteiger partial charge is 0.384 e. The van der Waals surface area contributed by atoms with Crippen LogP contribution >= 0.6 is 11.6 Å². The lowest BCUT2D eigenvalue weighted by atomic mass is 10.00. The van der Waals surface area contributed by atoms with Crippen LogP contribution in [-0.4, -0.2) is 39.2 Å². The molecule has 0 aromatic heterocycles. The summed E-state index contributed by atoms with van der Waals surface area (Å²) in [5, 5.41) is 4.21. The molecule has 1 heterocycles. The fourth-order valence-electron chi connectivity index (χ4n) is 2.99. The Morgan fingerprint density at radius 2 is 1.92 bits per heavy atom. The van der Waals surface area contributed by atoms with Gasteiger partial charge < -0.3 is 5.32 Å². The number of anilines is 1. The second-order valence-corrected chi connectivity index (χ2v) is 8.55. The van der Waals surface area contributed by atoms with Gasteiger partial charge in [0.25, 0.3) is 0 Å². The standard InChI is InChI=1S/C18H21ClN2O2S/c1-24(22,23)16-7-5-15(6-8-16)20-10-12-21-11-9-17-14(13-21)3-2-4-18(17)19/h2-8,20H,9-13H2,1H3. The minimum atomic E-state index is -3.14. The number of nitrogens with zero attached hydrogens (tertiary/aromatic N) is 1. The quantitative estimate of drug-likeness (QED) is 0.885. The Labute approximate surface area is 148 Å². The van der Waals surface area contributed by atoms with E-state index < -0.39 is 9.84 Å². The predicted molar refractivity (Wildman–Crippen MR) is 98.5 cm³/mol. The van der Waals surface area contributed by atoms with Gasteiger partial charge in [0.2, 0.25) is 0 Å². The van der Waals surface area contributed by atoms with E-state index in [1.54, 1.807) is 12.1 Å². The molecule has 1 aliphatic heterocycles. The summed E-state index contributed by atoms with van der Waals surface area (Å²) in [5.41, 5.74) is 3.52. The highest BCUT2D eigenvalue weighted by atomic mass is 35.5. The highest BCUT2D eigenvalue weighted by Crippen LogP contribution is 2.25. The van der Waals surface area contributed by atoms with Crippen LogP contribution in [-0.2, 0) is 22.8 Å². The van der Waals surface area contributed by atoms with Crippen LogP contribution in [0.5, 0.6) is 0 Å². The van der Waals surface area contributed by atoms with E-state index in [2.05, 4.69) is 16.3 Å². The molecule has 0 aliphatic carbocycles. The molecule has 0 atom stereocenters. The van der Waals surface area contributed by atoms with E-state index in [0.717, 1.165) is 43.3 Å². The Morgan fingerprint density at radius 1 is 1.17 bits per heavy atom. The molecule has 128 valence electrons. The van der Waals surface area contributed by atoms with Gasteiger partial charge in [-0.15, -0.1) is 0 Å². The first-order valence-corrected chi connectivity index (χ1v) is 10.2. The lowest BCUT2D eigenvalue weighted by Crippen LogP contribution is -2.34. The average molecular weight is 365 g/mol. The van der Waals surface area contributed by atoms with E-state index in [0.29, 0.717) is 4.90 Å². The third-order valence-electron chi connectivity index (χ3n) is 4.33. The molecule has 1 N–H and O–H groups in total. The van der Waals surface area contributed by atoms with E-state index >= 15 is 0 Å². The maximum atomic E-state index is 11.5. The normalized spacial score (nSPS) is 15.1. The topological polar surface area (TPSA) is 49.4 Å². The van der Waals surface area contributed by atoms with Crippen LogP contribution in [0, 0.1) is 0 Å². The van der Waals surface area contributed by atoms with Gasteiger partial charge in [-0.1, -0.05) is 23.7 Å². The van der Waals surface area contributed by atoms with Crippen LogP contribution < -0.4 is 5.32 Å². The summed E-state index contributed by atoms with van der Waals surface area (Å²) in [6, 6.07) is 13.0. The summed E-state index contributed by atoms with van der Waals surface area (Å²) >= 11 is 6.25. The third-order valence-corrected chi connectivity index (χ3v) is 5.81.